The topological polar surface area (TPSA) is 69.8 Å². The average Bonchev–Trinajstić information content (AvgIpc) is 2.68. The van der Waals surface area contributed by atoms with Crippen molar-refractivity contribution in [2.45, 2.75) is 6.42 Å². The summed E-state index contributed by atoms with van der Waals surface area (Å²) in [5, 5.41) is 9.52. The van der Waals surface area contributed by atoms with E-state index in [1.807, 2.05) is 0 Å². The molecule has 1 saturated heterocycles. The van der Waals surface area contributed by atoms with Gasteiger partial charge in [0.05, 0.1) is 22.2 Å². The molecule has 0 saturated carbocycles. The van der Waals surface area contributed by atoms with Crippen LogP contribution in [0, 0.1) is 0 Å². The molecule has 5 nitrogen and oxygen atoms in total. The Hall–Kier alpha value is -1.01. The fourth-order valence-corrected chi connectivity index (χ4v) is 2.89. The molecule has 1 fully saturated rings. The van der Waals surface area contributed by atoms with Gasteiger partial charge in [-0.1, -0.05) is 23.2 Å². The summed E-state index contributed by atoms with van der Waals surface area (Å²) in [5.41, 5.74) is 6.50. The van der Waals surface area contributed by atoms with Crippen LogP contribution >= 0.6 is 23.2 Å². The zero-order valence-electron chi connectivity index (χ0n) is 11.7. The quantitative estimate of drug-likeness (QED) is 0.827. The van der Waals surface area contributed by atoms with Gasteiger partial charge in [0.25, 0.3) is 5.91 Å². The SMILES string of the molecule is Nc1cc(Cl)c(Cl)c(C(=O)N2CCCN(CCO)CC2)c1. The van der Waals surface area contributed by atoms with Crippen molar-refractivity contribution in [2.24, 2.45) is 0 Å². The number of carbonyl (C=O) groups excluding carboxylic acids is 1. The summed E-state index contributed by atoms with van der Waals surface area (Å²) >= 11 is 12.1. The Kier molecular flexibility index (Phi) is 5.70. The maximum atomic E-state index is 12.6. The minimum atomic E-state index is -0.153. The van der Waals surface area contributed by atoms with Crippen LogP contribution in [0.2, 0.25) is 10.0 Å². The second kappa shape index (κ2) is 7.31. The van der Waals surface area contributed by atoms with E-state index in [4.69, 9.17) is 34.0 Å². The van der Waals surface area contributed by atoms with Gasteiger partial charge in [0.1, 0.15) is 0 Å². The molecule has 0 bridgehead atoms. The molecule has 1 aromatic rings. The standard InChI is InChI=1S/C14H19Cl2N3O2/c15-12-9-10(17)8-11(13(12)16)14(21)19-3-1-2-18(4-5-19)6-7-20/h8-9,20H,1-7,17H2. The van der Waals surface area contributed by atoms with Crippen LogP contribution in [0.3, 0.4) is 0 Å². The molecule has 0 spiro atoms. The lowest BCUT2D eigenvalue weighted by atomic mass is 10.1. The molecule has 1 aliphatic rings. The molecule has 21 heavy (non-hydrogen) atoms. The summed E-state index contributed by atoms with van der Waals surface area (Å²) in [7, 11) is 0. The third-order valence-corrected chi connectivity index (χ3v) is 4.37. The molecule has 1 amide bonds. The average molecular weight is 332 g/mol. The lowest BCUT2D eigenvalue weighted by molar-refractivity contribution is 0.0760. The number of β-amino-alcohol motifs (C(OH)–C–C–N with tert-alkyl or cyclic N) is 1. The number of nitrogens with two attached hydrogens (primary N) is 1. The fraction of sp³-hybridized carbons (Fsp3) is 0.500. The molecule has 0 unspecified atom stereocenters. The number of aliphatic hydroxyl groups is 1. The number of benzene rings is 1. The van der Waals surface area contributed by atoms with E-state index < -0.39 is 0 Å². The first-order valence-electron chi connectivity index (χ1n) is 6.90. The predicted molar refractivity (Wildman–Crippen MR) is 84.9 cm³/mol. The fourth-order valence-electron chi connectivity index (χ4n) is 2.48. The number of hydrogen-bond acceptors (Lipinski definition) is 4. The van der Waals surface area contributed by atoms with Crippen molar-refractivity contribution in [3.05, 3.63) is 27.7 Å². The predicted octanol–water partition coefficient (Wildman–Crippen LogP) is 1.72. The number of hydrogen-bond donors (Lipinski definition) is 2. The molecule has 0 aromatic heterocycles. The summed E-state index contributed by atoms with van der Waals surface area (Å²) in [6, 6.07) is 3.10. The summed E-state index contributed by atoms with van der Waals surface area (Å²) in [6.07, 6.45) is 0.861. The second-order valence-electron chi connectivity index (χ2n) is 5.08. The highest BCUT2D eigenvalue weighted by Crippen LogP contribution is 2.29. The summed E-state index contributed by atoms with van der Waals surface area (Å²) in [5.74, 6) is -0.153. The lowest BCUT2D eigenvalue weighted by Crippen LogP contribution is -2.36. The van der Waals surface area contributed by atoms with Crippen LogP contribution in [0.25, 0.3) is 0 Å². The molecule has 2 rings (SSSR count). The number of anilines is 1. The van der Waals surface area contributed by atoms with Crippen molar-refractivity contribution < 1.29 is 9.90 Å². The Morgan fingerprint density at radius 2 is 2.00 bits per heavy atom. The maximum absolute atomic E-state index is 12.6. The van der Waals surface area contributed by atoms with E-state index in [0.29, 0.717) is 30.9 Å². The highest BCUT2D eigenvalue weighted by Gasteiger charge is 2.23. The van der Waals surface area contributed by atoms with Gasteiger partial charge in [-0.15, -0.1) is 0 Å². The van der Waals surface area contributed by atoms with Gasteiger partial charge in [-0.25, -0.2) is 0 Å². The van der Waals surface area contributed by atoms with Crippen molar-refractivity contribution in [3.8, 4) is 0 Å². The van der Waals surface area contributed by atoms with Gasteiger partial charge in [-0.3, -0.25) is 9.69 Å². The Morgan fingerprint density at radius 3 is 2.71 bits per heavy atom. The maximum Gasteiger partial charge on any atom is 0.255 e. The number of aliphatic hydroxyl groups excluding tert-OH is 1. The first kappa shape index (κ1) is 16.4. The van der Waals surface area contributed by atoms with Crippen LogP contribution < -0.4 is 5.73 Å². The molecule has 116 valence electrons. The van der Waals surface area contributed by atoms with Crippen LogP contribution in [0.4, 0.5) is 5.69 Å². The number of amides is 1. The Bertz CT molecular complexity index is 525. The van der Waals surface area contributed by atoms with Crippen molar-refractivity contribution in [1.82, 2.24) is 9.80 Å². The van der Waals surface area contributed by atoms with Crippen molar-refractivity contribution >= 4 is 34.8 Å². The van der Waals surface area contributed by atoms with Gasteiger partial charge < -0.3 is 15.7 Å². The van der Waals surface area contributed by atoms with Crippen molar-refractivity contribution in [1.29, 1.82) is 0 Å². The number of halogens is 2. The molecule has 1 aromatic carbocycles. The smallest absolute Gasteiger partial charge is 0.255 e. The highest BCUT2D eigenvalue weighted by molar-refractivity contribution is 6.44. The van der Waals surface area contributed by atoms with E-state index in [1.165, 1.54) is 6.07 Å². The van der Waals surface area contributed by atoms with E-state index in [2.05, 4.69) is 4.90 Å². The van der Waals surface area contributed by atoms with E-state index >= 15 is 0 Å². The number of carbonyl (C=O) groups is 1. The van der Waals surface area contributed by atoms with Crippen LogP contribution in [-0.2, 0) is 0 Å². The van der Waals surface area contributed by atoms with Crippen LogP contribution in [-0.4, -0.2) is 60.1 Å². The Morgan fingerprint density at radius 1 is 1.24 bits per heavy atom. The van der Waals surface area contributed by atoms with E-state index in [9.17, 15) is 4.79 Å². The number of nitrogen functional groups attached to an aromatic ring is 1. The van der Waals surface area contributed by atoms with Crippen molar-refractivity contribution in [3.63, 3.8) is 0 Å². The minimum absolute atomic E-state index is 0.130. The molecular formula is C14H19Cl2N3O2. The molecule has 0 radical (unpaired) electrons. The molecule has 1 aliphatic heterocycles. The van der Waals surface area contributed by atoms with Crippen LogP contribution in [0.1, 0.15) is 16.8 Å². The largest absolute Gasteiger partial charge is 0.399 e. The van der Waals surface area contributed by atoms with Gasteiger partial charge in [-0.05, 0) is 25.1 Å². The van der Waals surface area contributed by atoms with Gasteiger partial charge >= 0.3 is 0 Å². The molecule has 3 N–H and O–H groups in total. The van der Waals surface area contributed by atoms with Gasteiger partial charge in [0.2, 0.25) is 0 Å². The van der Waals surface area contributed by atoms with Crippen molar-refractivity contribution in [2.75, 3.05) is 45.1 Å². The first-order valence-corrected chi connectivity index (χ1v) is 7.65. The summed E-state index contributed by atoms with van der Waals surface area (Å²) in [6.45, 7) is 3.62. The summed E-state index contributed by atoms with van der Waals surface area (Å²) in [4.78, 5) is 16.5. The normalized spacial score (nSPS) is 16.8. The van der Waals surface area contributed by atoms with Crippen LogP contribution in [0.5, 0.6) is 0 Å². The Labute approximate surface area is 134 Å². The van der Waals surface area contributed by atoms with Crippen LogP contribution in [0.15, 0.2) is 12.1 Å². The zero-order valence-corrected chi connectivity index (χ0v) is 13.2. The zero-order chi connectivity index (χ0) is 15.4. The number of rotatable bonds is 3. The van der Waals surface area contributed by atoms with Gasteiger partial charge in [0.15, 0.2) is 0 Å². The van der Waals surface area contributed by atoms with E-state index in [0.717, 1.165) is 19.5 Å². The Balaban J connectivity index is 2.13. The lowest BCUT2D eigenvalue weighted by Gasteiger charge is -2.22. The monoisotopic (exact) mass is 331 g/mol. The van der Waals surface area contributed by atoms with Gasteiger partial charge in [0, 0.05) is 31.9 Å². The third kappa shape index (κ3) is 4.01. The summed E-state index contributed by atoms with van der Waals surface area (Å²) < 4.78 is 0. The molecule has 1 heterocycles. The van der Waals surface area contributed by atoms with Gasteiger partial charge in [-0.2, -0.15) is 0 Å². The first-order chi connectivity index (χ1) is 10.0. The van der Waals surface area contributed by atoms with E-state index in [1.54, 1.807) is 11.0 Å². The second-order valence-corrected chi connectivity index (χ2v) is 5.86. The molecule has 0 atom stereocenters. The van der Waals surface area contributed by atoms with E-state index in [-0.39, 0.29) is 22.6 Å². The molecule has 7 heteroatoms. The highest BCUT2D eigenvalue weighted by atomic mass is 35.5. The third-order valence-electron chi connectivity index (χ3n) is 3.57. The molecular weight excluding hydrogens is 313 g/mol. The minimum Gasteiger partial charge on any atom is -0.399 e. The number of nitrogens with zero attached hydrogens (tertiary/aromatic N) is 2. The molecule has 0 aliphatic carbocycles.